The molecule has 2 aromatic rings. The number of aliphatic carboxylic acids is 1. The van der Waals surface area contributed by atoms with Gasteiger partial charge in [-0.2, -0.15) is 13.2 Å². The number of hydrogen-bond donors (Lipinski definition) is 3. The molecule has 0 aliphatic carbocycles. The lowest BCUT2D eigenvalue weighted by Gasteiger charge is -2.34. The zero-order chi connectivity index (χ0) is 33.1. The molecular weight excluding hydrogens is 682 g/mol. The number of rotatable bonds is 10. The maximum absolute atomic E-state index is 15.1. The van der Waals surface area contributed by atoms with Crippen LogP contribution in [0.2, 0.25) is 0 Å². The van der Waals surface area contributed by atoms with Crippen LogP contribution in [0.3, 0.4) is 0 Å². The second kappa shape index (κ2) is 12.3. The van der Waals surface area contributed by atoms with Crippen LogP contribution in [-0.2, 0) is 29.1 Å². The van der Waals surface area contributed by atoms with Gasteiger partial charge in [-0.05, 0) is 52.3 Å². The second-order valence-electron chi connectivity index (χ2n) is 7.68. The van der Waals surface area contributed by atoms with Gasteiger partial charge >= 0.3 is 59.0 Å². The third-order valence-corrected chi connectivity index (χ3v) is 5.91. The van der Waals surface area contributed by atoms with Crippen LogP contribution < -0.4 is 9.47 Å². The first-order chi connectivity index (χ1) is 19.8. The van der Waals surface area contributed by atoms with E-state index < -0.39 is 91.7 Å². The van der Waals surface area contributed by atoms with Crippen molar-refractivity contribution in [3.05, 3.63) is 57.6 Å². The number of benzene rings is 2. The highest BCUT2D eigenvalue weighted by Crippen LogP contribution is 2.50. The van der Waals surface area contributed by atoms with E-state index >= 15 is 4.39 Å². The van der Waals surface area contributed by atoms with Gasteiger partial charge in [0, 0.05) is 9.05 Å². The molecule has 230 valence electrons. The summed E-state index contributed by atoms with van der Waals surface area (Å²) >= 11 is 2.74. The van der Waals surface area contributed by atoms with E-state index in [9.17, 15) is 55.8 Å². The van der Waals surface area contributed by atoms with Gasteiger partial charge in [0.05, 0.1) is 21.2 Å². The van der Waals surface area contributed by atoms with Crippen molar-refractivity contribution in [1.82, 2.24) is 0 Å². The maximum Gasteiger partial charge on any atom is 0.435 e. The molecule has 0 fully saturated rings. The normalized spacial score (nSPS) is 12.7. The van der Waals surface area contributed by atoms with Gasteiger partial charge < -0.3 is 24.8 Å². The molecule has 2 rings (SSSR count). The van der Waals surface area contributed by atoms with Gasteiger partial charge in [-0.25, -0.2) is 38.0 Å². The molecular formula is C22H9BrF6O14. The fourth-order valence-electron chi connectivity index (χ4n) is 3.29. The van der Waals surface area contributed by atoms with Gasteiger partial charge in [-0.1, -0.05) is 0 Å². The van der Waals surface area contributed by atoms with Crippen molar-refractivity contribution in [3.63, 3.8) is 0 Å². The molecule has 0 heterocycles. The molecule has 0 amide bonds. The predicted octanol–water partition coefficient (Wildman–Crippen LogP) is 3.17. The Morgan fingerprint density at radius 2 is 1.23 bits per heavy atom. The van der Waals surface area contributed by atoms with Crippen molar-refractivity contribution < 1.29 is 94.9 Å². The Morgan fingerprint density at radius 3 is 1.65 bits per heavy atom. The number of hydrogen-bond acceptors (Lipinski definition) is 11. The molecule has 0 saturated carbocycles. The van der Waals surface area contributed by atoms with Gasteiger partial charge in [0.15, 0.2) is 0 Å². The summed E-state index contributed by atoms with van der Waals surface area (Å²) in [7, 11) is 0. The molecule has 1 unspecified atom stereocenters. The quantitative estimate of drug-likeness (QED) is 0.141. The monoisotopic (exact) mass is 690 g/mol. The minimum atomic E-state index is -6.93. The molecule has 0 aliphatic rings. The highest BCUT2D eigenvalue weighted by Gasteiger charge is 2.86. The van der Waals surface area contributed by atoms with Gasteiger partial charge in [-0.15, -0.1) is 0 Å². The predicted molar refractivity (Wildman–Crippen MR) is 119 cm³/mol. The number of aromatic carboxylic acids is 2. The number of halogens is 7. The molecule has 0 saturated heterocycles. The lowest BCUT2D eigenvalue weighted by atomic mass is 9.71. The third-order valence-electron chi connectivity index (χ3n) is 5.29. The Bertz CT molecular complexity index is 1520. The third kappa shape index (κ3) is 5.91. The zero-order valence-corrected chi connectivity index (χ0v) is 21.5. The first kappa shape index (κ1) is 34.0. The van der Waals surface area contributed by atoms with Gasteiger partial charge in [0.25, 0.3) is 0 Å². The number of alkyl halides is 4. The fourth-order valence-corrected chi connectivity index (χ4v) is 3.73. The first-order valence-electron chi connectivity index (χ1n) is 10.3. The average molecular weight is 691 g/mol. The molecule has 1 atom stereocenters. The van der Waals surface area contributed by atoms with Crippen molar-refractivity contribution in [2.24, 2.45) is 5.41 Å². The Morgan fingerprint density at radius 1 is 0.698 bits per heavy atom. The van der Waals surface area contributed by atoms with E-state index in [2.05, 4.69) is 30.5 Å². The average Bonchev–Trinajstić information content (AvgIpc) is 2.92. The molecule has 0 spiro atoms. The smallest absolute Gasteiger partial charge is 0.435 e. The number of carboxylic acid groups (broad SMARTS) is 3. The lowest BCUT2D eigenvalue weighted by molar-refractivity contribution is -0.282. The summed E-state index contributed by atoms with van der Waals surface area (Å²) in [5, 5.41) is 27.1. The van der Waals surface area contributed by atoms with E-state index in [1.54, 1.807) is 0 Å². The topological polar surface area (TPSA) is 217 Å². The number of ether oxygens (including phenoxy) is 2. The lowest BCUT2D eigenvalue weighted by Crippen LogP contribution is -2.71. The fraction of sp³-hybridized carbons (Fsp3) is 0.136. The second-order valence-corrected chi connectivity index (χ2v) is 8.54. The van der Waals surface area contributed by atoms with Crippen molar-refractivity contribution in [2.45, 2.75) is 11.8 Å². The van der Waals surface area contributed by atoms with E-state index in [4.69, 9.17) is 20.1 Å². The summed E-state index contributed by atoms with van der Waals surface area (Å²) in [6.07, 6.45) is -6.93. The Balaban J connectivity index is 2.53. The van der Waals surface area contributed by atoms with Crippen molar-refractivity contribution in [2.75, 3.05) is 0 Å². The highest BCUT2D eigenvalue weighted by atomic mass is 79.9. The van der Waals surface area contributed by atoms with E-state index in [1.165, 1.54) is 0 Å². The van der Waals surface area contributed by atoms with Crippen LogP contribution in [0.4, 0.5) is 26.6 Å². The minimum Gasteiger partial charge on any atom is -0.479 e. The van der Waals surface area contributed by atoms with Gasteiger partial charge in [-0.3, -0.25) is 9.88 Å². The molecule has 3 N–H and O–H groups in total. The van der Waals surface area contributed by atoms with E-state index in [0.717, 1.165) is 12.1 Å². The summed E-state index contributed by atoms with van der Waals surface area (Å²) in [5.74, 6) is -20.4. The van der Waals surface area contributed by atoms with Crippen LogP contribution in [0, 0.1) is 5.41 Å². The van der Waals surface area contributed by atoms with Crippen molar-refractivity contribution in [1.29, 1.82) is 0 Å². The summed E-state index contributed by atoms with van der Waals surface area (Å²) in [6, 6.07) is 3.94. The number of carbonyl (C=O) groups excluding carboxylic acids is 4. The summed E-state index contributed by atoms with van der Waals surface area (Å²) in [5.41, 5.74) is -14.1. The van der Waals surface area contributed by atoms with Crippen LogP contribution in [0.5, 0.6) is 11.5 Å². The summed E-state index contributed by atoms with van der Waals surface area (Å²) < 4.78 is 89.8. The summed E-state index contributed by atoms with van der Waals surface area (Å²) in [4.78, 5) is 87.1. The van der Waals surface area contributed by atoms with Crippen LogP contribution in [0.25, 0.3) is 0 Å². The van der Waals surface area contributed by atoms with E-state index in [1.807, 2.05) is 0 Å². The molecule has 14 nitrogen and oxygen atoms in total. The largest absolute Gasteiger partial charge is 0.479 e. The van der Waals surface area contributed by atoms with E-state index in [-0.39, 0.29) is 0 Å². The van der Waals surface area contributed by atoms with Crippen molar-refractivity contribution in [3.8, 4) is 11.5 Å². The van der Waals surface area contributed by atoms with Crippen LogP contribution in [0.15, 0.2) is 40.9 Å². The maximum atomic E-state index is 15.1. The molecule has 0 aromatic heterocycles. The molecule has 43 heavy (non-hydrogen) atoms. The van der Waals surface area contributed by atoms with Gasteiger partial charge in [0.1, 0.15) is 11.5 Å². The summed E-state index contributed by atoms with van der Waals surface area (Å²) in [6.45, 7) is 0. The Kier molecular flexibility index (Phi) is 9.76. The SMILES string of the molecule is O=C(Oc1ccc(OC(=O)C(C(=O)OF)(C(=O)OF)C(F)(C(=O)O)C(F)(F)F)cc1Br)c1ccc(C(=O)O)c(C(=O)O)c1. The minimum absolute atomic E-state index is 0.473. The standard InChI is InChI=1S/C22H9BrF6O14/c23-11-6-8(2-4-12(11)41-15(34)7-1-3-9(13(30)31)10(5-7)14(32)33)40-17(37)20(18(38)42-28,19(39)43-29)21(24,16(35)36)22(25,26)27/h1-6H,(H,30,31)(H,32,33)(H,35,36). The Hall–Kier alpha value is -5.21. The number of esters is 2. The molecule has 0 bridgehead atoms. The molecule has 2 aromatic carbocycles. The molecule has 0 aliphatic heterocycles. The number of carboxylic acids is 3. The Labute approximate surface area is 239 Å². The highest BCUT2D eigenvalue weighted by molar-refractivity contribution is 9.10. The van der Waals surface area contributed by atoms with Crippen LogP contribution >= 0.6 is 15.9 Å². The van der Waals surface area contributed by atoms with Crippen molar-refractivity contribution >= 4 is 57.7 Å². The van der Waals surface area contributed by atoms with Crippen LogP contribution in [-0.4, -0.2) is 68.9 Å². The van der Waals surface area contributed by atoms with E-state index in [0.29, 0.717) is 24.3 Å². The zero-order valence-electron chi connectivity index (χ0n) is 19.9. The molecule has 0 radical (unpaired) electrons. The first-order valence-corrected chi connectivity index (χ1v) is 11.1. The van der Waals surface area contributed by atoms with Crippen LogP contribution in [0.1, 0.15) is 31.1 Å². The molecule has 21 heteroatoms. The number of carbonyl (C=O) groups is 7. The van der Waals surface area contributed by atoms with Gasteiger partial charge in [0.2, 0.25) is 0 Å².